The van der Waals surface area contributed by atoms with Crippen LogP contribution in [0.4, 0.5) is 0 Å². The number of rotatable bonds is 5. The molecule has 0 atom stereocenters. The van der Waals surface area contributed by atoms with Gasteiger partial charge in [0.25, 0.3) is 0 Å². The predicted octanol–water partition coefficient (Wildman–Crippen LogP) is 10.5. The zero-order valence-corrected chi connectivity index (χ0v) is 25.0. The van der Waals surface area contributed by atoms with Crippen molar-refractivity contribution in [1.82, 2.24) is 19.1 Å². The van der Waals surface area contributed by atoms with Crippen molar-refractivity contribution in [1.29, 1.82) is 0 Å². The van der Waals surface area contributed by atoms with E-state index in [9.17, 15) is 0 Å². The molecule has 0 spiro atoms. The van der Waals surface area contributed by atoms with E-state index in [2.05, 4.69) is 149 Å². The Bertz CT molecular complexity index is 2510. The van der Waals surface area contributed by atoms with Crippen LogP contribution in [0.2, 0.25) is 0 Å². The molecule has 3 heterocycles. The molecule has 0 saturated carbocycles. The van der Waals surface area contributed by atoms with Crippen LogP contribution in [-0.4, -0.2) is 19.1 Å². The number of aromatic nitrogens is 4. The summed E-state index contributed by atoms with van der Waals surface area (Å²) in [5.74, 6) is 0.664. The Balaban J connectivity index is 1.12. The Morgan fingerprint density at radius 1 is 0.413 bits per heavy atom. The Labute approximate surface area is 266 Å². The topological polar surface area (TPSA) is 35.6 Å². The van der Waals surface area contributed by atoms with Crippen LogP contribution >= 0.6 is 0 Å². The molecule has 4 nitrogen and oxygen atoms in total. The van der Waals surface area contributed by atoms with Gasteiger partial charge in [0.2, 0.25) is 5.95 Å². The van der Waals surface area contributed by atoms with Crippen LogP contribution in [0.25, 0.3) is 77.7 Å². The van der Waals surface area contributed by atoms with E-state index >= 15 is 0 Å². The molecule has 3 aromatic heterocycles. The van der Waals surface area contributed by atoms with E-state index < -0.39 is 0 Å². The molecule has 0 radical (unpaired) electrons. The minimum Gasteiger partial charge on any atom is -0.316 e. The molecule has 9 aromatic rings. The smallest absolute Gasteiger partial charge is 0.234 e. The standard InChI is InChI=1S/C42H28N4/c1-3-11-29(12-4-1)34-27-43-42(44-28-34)46-40-18-10-8-16-36(40)37-26-32(20-22-41(37)46)31-19-21-38-33(25-31)23-24-45(38)39-17-9-7-15-35(39)30-13-5-2-6-14-30/h1-28H. The number of para-hydroxylation sites is 2. The first-order valence-corrected chi connectivity index (χ1v) is 15.5. The second-order valence-electron chi connectivity index (χ2n) is 11.6. The molecule has 0 amide bonds. The number of hydrogen-bond acceptors (Lipinski definition) is 2. The summed E-state index contributed by atoms with van der Waals surface area (Å²) in [4.78, 5) is 9.63. The van der Waals surface area contributed by atoms with Crippen molar-refractivity contribution in [3.63, 3.8) is 0 Å². The lowest BCUT2D eigenvalue weighted by molar-refractivity contribution is 0.990. The maximum atomic E-state index is 4.81. The third-order valence-electron chi connectivity index (χ3n) is 8.89. The van der Waals surface area contributed by atoms with Gasteiger partial charge in [0.05, 0.1) is 22.2 Å². The molecular formula is C42H28N4. The van der Waals surface area contributed by atoms with Gasteiger partial charge in [-0.05, 0) is 64.7 Å². The molecule has 216 valence electrons. The fraction of sp³-hybridized carbons (Fsp3) is 0. The molecule has 0 fully saturated rings. The predicted molar refractivity (Wildman–Crippen MR) is 190 cm³/mol. The van der Waals surface area contributed by atoms with Crippen molar-refractivity contribution >= 4 is 32.7 Å². The summed E-state index contributed by atoms with van der Waals surface area (Å²) >= 11 is 0. The van der Waals surface area contributed by atoms with Crippen LogP contribution in [0, 0.1) is 0 Å². The fourth-order valence-corrected chi connectivity index (χ4v) is 6.66. The van der Waals surface area contributed by atoms with Gasteiger partial charge in [0, 0.05) is 45.9 Å². The molecule has 0 aliphatic heterocycles. The van der Waals surface area contributed by atoms with Crippen molar-refractivity contribution in [2.45, 2.75) is 0 Å². The first-order valence-electron chi connectivity index (χ1n) is 15.5. The molecule has 0 saturated heterocycles. The van der Waals surface area contributed by atoms with Gasteiger partial charge in [-0.3, -0.25) is 4.57 Å². The highest BCUT2D eigenvalue weighted by Gasteiger charge is 2.16. The highest BCUT2D eigenvalue weighted by atomic mass is 15.1. The lowest BCUT2D eigenvalue weighted by atomic mass is 10.0. The molecule has 0 aliphatic rings. The normalized spacial score (nSPS) is 11.5. The van der Waals surface area contributed by atoms with E-state index in [1.54, 1.807) is 0 Å². The van der Waals surface area contributed by atoms with Crippen LogP contribution in [-0.2, 0) is 0 Å². The summed E-state index contributed by atoms with van der Waals surface area (Å²) in [7, 11) is 0. The number of hydrogen-bond donors (Lipinski definition) is 0. The number of fused-ring (bicyclic) bond motifs is 4. The van der Waals surface area contributed by atoms with Gasteiger partial charge in [0.1, 0.15) is 0 Å². The van der Waals surface area contributed by atoms with Gasteiger partial charge < -0.3 is 4.57 Å². The second kappa shape index (κ2) is 10.7. The van der Waals surface area contributed by atoms with Crippen molar-refractivity contribution in [3.05, 3.63) is 170 Å². The maximum absolute atomic E-state index is 4.81. The Morgan fingerprint density at radius 2 is 1.04 bits per heavy atom. The lowest BCUT2D eigenvalue weighted by Gasteiger charge is -2.13. The van der Waals surface area contributed by atoms with Crippen molar-refractivity contribution in [2.75, 3.05) is 0 Å². The molecular weight excluding hydrogens is 560 g/mol. The fourth-order valence-electron chi connectivity index (χ4n) is 6.66. The largest absolute Gasteiger partial charge is 0.316 e. The first kappa shape index (κ1) is 26.2. The third kappa shape index (κ3) is 4.31. The van der Waals surface area contributed by atoms with Crippen LogP contribution in [0.5, 0.6) is 0 Å². The molecule has 0 bridgehead atoms. The minimum atomic E-state index is 0.664. The maximum Gasteiger partial charge on any atom is 0.234 e. The first-order chi connectivity index (χ1) is 22.8. The molecule has 46 heavy (non-hydrogen) atoms. The molecule has 6 aromatic carbocycles. The average molecular weight is 589 g/mol. The summed E-state index contributed by atoms with van der Waals surface area (Å²) in [5.41, 5.74) is 11.4. The highest BCUT2D eigenvalue weighted by molar-refractivity contribution is 6.10. The lowest BCUT2D eigenvalue weighted by Crippen LogP contribution is -2.00. The Morgan fingerprint density at radius 3 is 1.85 bits per heavy atom. The SMILES string of the molecule is c1ccc(-c2cnc(-n3c4ccccc4c4cc(-c5ccc6c(ccn6-c6ccccc6-c6ccccc6)c5)ccc43)nc2)cc1. The van der Waals surface area contributed by atoms with Crippen molar-refractivity contribution in [3.8, 4) is 45.0 Å². The quantitative estimate of drug-likeness (QED) is 0.200. The van der Waals surface area contributed by atoms with Crippen molar-refractivity contribution < 1.29 is 0 Å². The monoisotopic (exact) mass is 588 g/mol. The molecule has 0 N–H and O–H groups in total. The van der Waals surface area contributed by atoms with Gasteiger partial charge in [-0.15, -0.1) is 0 Å². The van der Waals surface area contributed by atoms with Crippen LogP contribution in [0.1, 0.15) is 0 Å². The van der Waals surface area contributed by atoms with E-state index in [0.29, 0.717) is 5.95 Å². The zero-order valence-electron chi connectivity index (χ0n) is 25.0. The Kier molecular flexibility index (Phi) is 6.10. The van der Waals surface area contributed by atoms with Gasteiger partial charge in [0.15, 0.2) is 0 Å². The number of benzene rings is 6. The summed E-state index contributed by atoms with van der Waals surface area (Å²) in [5, 5.41) is 3.56. The van der Waals surface area contributed by atoms with Gasteiger partial charge in [-0.2, -0.15) is 0 Å². The van der Waals surface area contributed by atoms with Crippen LogP contribution in [0.3, 0.4) is 0 Å². The molecule has 0 aliphatic carbocycles. The van der Waals surface area contributed by atoms with E-state index in [-0.39, 0.29) is 0 Å². The third-order valence-corrected chi connectivity index (χ3v) is 8.89. The summed E-state index contributed by atoms with van der Waals surface area (Å²) in [6, 6.07) is 53.6. The van der Waals surface area contributed by atoms with E-state index in [1.807, 2.05) is 30.6 Å². The highest BCUT2D eigenvalue weighted by Crippen LogP contribution is 2.36. The average Bonchev–Trinajstić information content (AvgIpc) is 3.71. The van der Waals surface area contributed by atoms with E-state index in [1.165, 1.54) is 49.6 Å². The van der Waals surface area contributed by atoms with Gasteiger partial charge in [-0.25, -0.2) is 9.97 Å². The second-order valence-corrected chi connectivity index (χ2v) is 11.6. The molecule has 0 unspecified atom stereocenters. The zero-order chi connectivity index (χ0) is 30.5. The summed E-state index contributed by atoms with van der Waals surface area (Å²) in [6.45, 7) is 0. The number of nitrogens with zero attached hydrogens (tertiary/aromatic N) is 4. The minimum absolute atomic E-state index is 0.664. The van der Waals surface area contributed by atoms with E-state index in [4.69, 9.17) is 9.97 Å². The summed E-state index contributed by atoms with van der Waals surface area (Å²) in [6.07, 6.45) is 5.99. The summed E-state index contributed by atoms with van der Waals surface area (Å²) < 4.78 is 4.46. The molecule has 4 heteroatoms. The van der Waals surface area contributed by atoms with Crippen LogP contribution in [0.15, 0.2) is 170 Å². The molecule has 9 rings (SSSR count). The van der Waals surface area contributed by atoms with Gasteiger partial charge in [-0.1, -0.05) is 109 Å². The van der Waals surface area contributed by atoms with Gasteiger partial charge >= 0.3 is 0 Å². The van der Waals surface area contributed by atoms with E-state index in [0.717, 1.165) is 22.2 Å². The Hall–Kier alpha value is -6.26. The van der Waals surface area contributed by atoms with Crippen molar-refractivity contribution in [2.24, 2.45) is 0 Å². The van der Waals surface area contributed by atoms with Crippen LogP contribution < -0.4 is 0 Å².